The summed E-state index contributed by atoms with van der Waals surface area (Å²) in [5, 5.41) is 9.43. The normalized spacial score (nSPS) is 9.62. The maximum Gasteiger partial charge on any atom is 0.508 e. The molecular formula is C9H12BNO2. The lowest BCUT2D eigenvalue weighted by Gasteiger charge is -2.06. The van der Waals surface area contributed by atoms with Crippen LogP contribution < -0.4 is 10.9 Å². The number of nitrogens with one attached hydrogen (secondary N) is 1. The van der Waals surface area contributed by atoms with Crippen molar-refractivity contribution in [2.45, 2.75) is 0 Å². The van der Waals surface area contributed by atoms with E-state index in [4.69, 9.17) is 4.76 Å². The minimum Gasteiger partial charge on any atom is -0.422 e. The van der Waals surface area contributed by atoms with Gasteiger partial charge in [0.2, 0.25) is 0 Å². The molecule has 3 nitrogen and oxygen atoms in total. The van der Waals surface area contributed by atoms with Crippen molar-refractivity contribution in [3.05, 3.63) is 43.0 Å². The van der Waals surface area contributed by atoms with Gasteiger partial charge in [-0.15, -0.1) is 6.58 Å². The molecule has 0 amide bonds. The molecule has 0 aromatic heterocycles. The van der Waals surface area contributed by atoms with Gasteiger partial charge in [0.1, 0.15) is 0 Å². The number of hydroxylamine groups is 1. The summed E-state index contributed by atoms with van der Waals surface area (Å²) in [6, 6.07) is 9.15. The van der Waals surface area contributed by atoms with Gasteiger partial charge in [0, 0.05) is 6.54 Å². The molecule has 0 aliphatic carbocycles. The Morgan fingerprint density at radius 2 is 2.15 bits per heavy atom. The molecule has 13 heavy (non-hydrogen) atoms. The van der Waals surface area contributed by atoms with E-state index >= 15 is 0 Å². The zero-order valence-corrected chi connectivity index (χ0v) is 7.31. The van der Waals surface area contributed by atoms with Crippen molar-refractivity contribution < 1.29 is 9.78 Å². The molecule has 1 rings (SSSR count). The van der Waals surface area contributed by atoms with Gasteiger partial charge in [0.05, 0.1) is 0 Å². The van der Waals surface area contributed by atoms with Crippen LogP contribution in [0, 0.1) is 0 Å². The van der Waals surface area contributed by atoms with Crippen LogP contribution in [0.15, 0.2) is 43.0 Å². The number of hydrogen-bond acceptors (Lipinski definition) is 3. The third kappa shape index (κ3) is 3.42. The van der Waals surface area contributed by atoms with E-state index < -0.39 is 7.12 Å². The van der Waals surface area contributed by atoms with Crippen LogP contribution in [0.2, 0.25) is 0 Å². The van der Waals surface area contributed by atoms with E-state index in [9.17, 15) is 5.02 Å². The Morgan fingerprint density at radius 1 is 1.46 bits per heavy atom. The number of hydrogen-bond donors (Lipinski definition) is 2. The fourth-order valence-electron chi connectivity index (χ4n) is 0.872. The predicted octanol–water partition coefficient (Wildman–Crippen LogP) is 0.0813. The molecule has 68 valence electrons. The first-order valence-electron chi connectivity index (χ1n) is 4.07. The molecule has 0 aliphatic rings. The van der Waals surface area contributed by atoms with E-state index in [0.29, 0.717) is 6.54 Å². The van der Waals surface area contributed by atoms with Crippen LogP contribution in [0.5, 0.6) is 0 Å². The molecule has 0 bridgehead atoms. The Hall–Kier alpha value is -1.10. The van der Waals surface area contributed by atoms with Crippen molar-refractivity contribution in [2.24, 2.45) is 0 Å². The third-order valence-electron chi connectivity index (χ3n) is 1.51. The summed E-state index contributed by atoms with van der Waals surface area (Å²) < 4.78 is 4.90. The average Bonchev–Trinajstić information content (AvgIpc) is 2.19. The van der Waals surface area contributed by atoms with Crippen molar-refractivity contribution in [3.63, 3.8) is 0 Å². The first-order chi connectivity index (χ1) is 6.34. The van der Waals surface area contributed by atoms with Crippen LogP contribution in [0.25, 0.3) is 0 Å². The molecule has 0 unspecified atom stereocenters. The van der Waals surface area contributed by atoms with Gasteiger partial charge in [-0.2, -0.15) is 0 Å². The van der Waals surface area contributed by atoms with Gasteiger partial charge in [0.15, 0.2) is 0 Å². The first kappa shape index (κ1) is 9.99. The molecule has 0 heterocycles. The summed E-state index contributed by atoms with van der Waals surface area (Å²) in [5.41, 5.74) is 3.29. The van der Waals surface area contributed by atoms with Gasteiger partial charge in [-0.3, -0.25) is 0 Å². The average molecular weight is 177 g/mol. The van der Waals surface area contributed by atoms with Crippen molar-refractivity contribution in [1.29, 1.82) is 0 Å². The fraction of sp³-hybridized carbons (Fsp3) is 0.111. The number of benzene rings is 1. The molecule has 0 spiro atoms. The van der Waals surface area contributed by atoms with E-state index in [1.54, 1.807) is 18.2 Å². The van der Waals surface area contributed by atoms with Crippen LogP contribution >= 0.6 is 0 Å². The van der Waals surface area contributed by atoms with Crippen LogP contribution in [-0.2, 0) is 4.76 Å². The highest BCUT2D eigenvalue weighted by molar-refractivity contribution is 6.59. The zero-order valence-electron chi connectivity index (χ0n) is 7.31. The smallest absolute Gasteiger partial charge is 0.422 e. The fourth-order valence-corrected chi connectivity index (χ4v) is 0.872. The van der Waals surface area contributed by atoms with E-state index in [-0.39, 0.29) is 0 Å². The monoisotopic (exact) mass is 177 g/mol. The summed E-state index contributed by atoms with van der Waals surface area (Å²) in [6.45, 7) is 4.01. The number of rotatable bonds is 5. The molecule has 2 N–H and O–H groups in total. The highest BCUT2D eigenvalue weighted by Gasteiger charge is 2.14. The van der Waals surface area contributed by atoms with Crippen molar-refractivity contribution in [1.82, 2.24) is 5.48 Å². The summed E-state index contributed by atoms with van der Waals surface area (Å²) in [4.78, 5) is 0. The summed E-state index contributed by atoms with van der Waals surface area (Å²) in [5.74, 6) is 0. The SMILES string of the molecule is C=CCNOB(O)c1ccccc1. The largest absolute Gasteiger partial charge is 0.508 e. The zero-order chi connectivity index (χ0) is 9.52. The minimum absolute atomic E-state index is 0.504. The molecule has 0 atom stereocenters. The second-order valence-electron chi connectivity index (χ2n) is 2.52. The molecule has 0 saturated heterocycles. The summed E-state index contributed by atoms with van der Waals surface area (Å²) >= 11 is 0. The lowest BCUT2D eigenvalue weighted by Crippen LogP contribution is -2.38. The molecule has 0 radical (unpaired) electrons. The van der Waals surface area contributed by atoms with E-state index in [2.05, 4.69) is 12.1 Å². The highest BCUT2D eigenvalue weighted by Crippen LogP contribution is 1.85. The van der Waals surface area contributed by atoms with Crippen LogP contribution in [0.3, 0.4) is 0 Å². The minimum atomic E-state index is -0.929. The maximum absolute atomic E-state index is 9.43. The molecule has 0 saturated carbocycles. The Morgan fingerprint density at radius 3 is 2.77 bits per heavy atom. The van der Waals surface area contributed by atoms with Gasteiger partial charge in [-0.05, 0) is 5.46 Å². The summed E-state index contributed by atoms with van der Waals surface area (Å²) in [7, 11) is -0.929. The first-order valence-corrected chi connectivity index (χ1v) is 4.07. The second-order valence-corrected chi connectivity index (χ2v) is 2.52. The van der Waals surface area contributed by atoms with Crippen molar-refractivity contribution in [2.75, 3.05) is 6.54 Å². The van der Waals surface area contributed by atoms with E-state index in [1.807, 2.05) is 18.2 Å². The van der Waals surface area contributed by atoms with E-state index in [1.165, 1.54) is 0 Å². The lowest BCUT2D eigenvalue weighted by molar-refractivity contribution is 0.176. The molecule has 0 fully saturated rings. The molecule has 1 aromatic rings. The topological polar surface area (TPSA) is 41.5 Å². The van der Waals surface area contributed by atoms with Gasteiger partial charge in [-0.25, -0.2) is 5.48 Å². The van der Waals surface area contributed by atoms with Gasteiger partial charge < -0.3 is 9.78 Å². The Balaban J connectivity index is 2.39. The van der Waals surface area contributed by atoms with Crippen LogP contribution in [0.1, 0.15) is 0 Å². The van der Waals surface area contributed by atoms with Gasteiger partial charge in [-0.1, -0.05) is 36.4 Å². The highest BCUT2D eigenvalue weighted by atomic mass is 16.7. The van der Waals surface area contributed by atoms with Crippen molar-refractivity contribution in [3.8, 4) is 0 Å². The third-order valence-corrected chi connectivity index (χ3v) is 1.51. The standard InChI is InChI=1S/C9H12BNO2/c1-2-8-11-13-10(12)9-6-4-3-5-7-9/h2-7,11-12H,1,8H2. The Labute approximate surface area is 78.1 Å². The lowest BCUT2D eigenvalue weighted by atomic mass is 9.80. The molecule has 0 aliphatic heterocycles. The van der Waals surface area contributed by atoms with Crippen molar-refractivity contribution >= 4 is 12.6 Å². The van der Waals surface area contributed by atoms with Crippen LogP contribution in [0.4, 0.5) is 0 Å². The summed E-state index contributed by atoms with van der Waals surface area (Å²) in [6.07, 6.45) is 1.65. The Bertz CT molecular complexity index is 253. The second kappa shape index (κ2) is 5.53. The predicted molar refractivity (Wildman–Crippen MR) is 53.3 cm³/mol. The van der Waals surface area contributed by atoms with Gasteiger partial charge >= 0.3 is 7.12 Å². The molecule has 1 aromatic carbocycles. The van der Waals surface area contributed by atoms with Crippen LogP contribution in [-0.4, -0.2) is 18.7 Å². The quantitative estimate of drug-likeness (QED) is 0.289. The maximum atomic E-state index is 9.43. The Kier molecular flexibility index (Phi) is 4.25. The van der Waals surface area contributed by atoms with E-state index in [0.717, 1.165) is 5.46 Å². The molecular weight excluding hydrogens is 165 g/mol. The van der Waals surface area contributed by atoms with Gasteiger partial charge in [0.25, 0.3) is 0 Å². The molecule has 4 heteroatoms.